The SMILES string of the molecule is Cc1cc(C(=O)N[C@H]2CCCc3c2cnn3C(C)(C)C)no1. The van der Waals surface area contributed by atoms with E-state index in [1.54, 1.807) is 13.0 Å². The molecule has 0 saturated carbocycles. The van der Waals surface area contributed by atoms with Crippen LogP contribution in [0.1, 0.15) is 67.2 Å². The zero-order chi connectivity index (χ0) is 15.9. The predicted octanol–water partition coefficient (Wildman–Crippen LogP) is 2.74. The molecule has 1 aliphatic rings. The molecule has 1 N–H and O–H groups in total. The van der Waals surface area contributed by atoms with Gasteiger partial charge in [-0.25, -0.2) is 0 Å². The number of carbonyl (C=O) groups is 1. The van der Waals surface area contributed by atoms with Crippen molar-refractivity contribution in [3.8, 4) is 0 Å². The molecule has 1 amide bonds. The van der Waals surface area contributed by atoms with Gasteiger partial charge in [-0.3, -0.25) is 9.48 Å². The van der Waals surface area contributed by atoms with Gasteiger partial charge in [0.25, 0.3) is 5.91 Å². The number of nitrogens with zero attached hydrogens (tertiary/aromatic N) is 3. The number of amides is 1. The molecule has 0 unspecified atom stereocenters. The average Bonchev–Trinajstić information content (AvgIpc) is 3.04. The smallest absolute Gasteiger partial charge is 0.273 e. The summed E-state index contributed by atoms with van der Waals surface area (Å²) in [7, 11) is 0. The third kappa shape index (κ3) is 2.65. The molecule has 0 spiro atoms. The van der Waals surface area contributed by atoms with Crippen molar-refractivity contribution in [1.29, 1.82) is 0 Å². The summed E-state index contributed by atoms with van der Waals surface area (Å²) in [5, 5.41) is 11.4. The fourth-order valence-corrected chi connectivity index (χ4v) is 2.99. The van der Waals surface area contributed by atoms with Gasteiger partial charge in [-0.05, 0) is 47.0 Å². The van der Waals surface area contributed by atoms with Crippen molar-refractivity contribution in [3.05, 3.63) is 35.0 Å². The Morgan fingerprint density at radius 2 is 2.23 bits per heavy atom. The third-order valence-electron chi connectivity index (χ3n) is 3.98. The van der Waals surface area contributed by atoms with Crippen LogP contribution >= 0.6 is 0 Å². The lowest BCUT2D eigenvalue weighted by Gasteiger charge is -2.28. The summed E-state index contributed by atoms with van der Waals surface area (Å²) in [4.78, 5) is 12.3. The van der Waals surface area contributed by atoms with Crippen LogP contribution in [0.15, 0.2) is 16.8 Å². The van der Waals surface area contributed by atoms with Crippen molar-refractivity contribution in [1.82, 2.24) is 20.3 Å². The molecule has 118 valence electrons. The van der Waals surface area contributed by atoms with Crippen LogP contribution in [-0.4, -0.2) is 20.8 Å². The van der Waals surface area contributed by atoms with Crippen molar-refractivity contribution in [3.63, 3.8) is 0 Å². The summed E-state index contributed by atoms with van der Waals surface area (Å²) in [5.41, 5.74) is 2.62. The normalized spacial score (nSPS) is 18.1. The van der Waals surface area contributed by atoms with E-state index in [9.17, 15) is 4.79 Å². The molecule has 0 aromatic carbocycles. The molecule has 3 rings (SSSR count). The topological polar surface area (TPSA) is 73.0 Å². The van der Waals surface area contributed by atoms with E-state index in [0.717, 1.165) is 24.8 Å². The number of aromatic nitrogens is 3. The zero-order valence-corrected chi connectivity index (χ0v) is 13.5. The average molecular weight is 302 g/mol. The second-order valence-corrected chi connectivity index (χ2v) is 6.87. The van der Waals surface area contributed by atoms with Gasteiger partial charge < -0.3 is 9.84 Å². The van der Waals surface area contributed by atoms with Crippen LogP contribution in [0.25, 0.3) is 0 Å². The number of carbonyl (C=O) groups excluding carboxylic acids is 1. The lowest BCUT2D eigenvalue weighted by atomic mass is 9.92. The molecule has 6 heteroatoms. The molecule has 2 aromatic heterocycles. The first-order chi connectivity index (χ1) is 10.4. The van der Waals surface area contributed by atoms with Crippen LogP contribution in [0.2, 0.25) is 0 Å². The van der Waals surface area contributed by atoms with Crippen molar-refractivity contribution in [2.24, 2.45) is 0 Å². The summed E-state index contributed by atoms with van der Waals surface area (Å²) in [6.07, 6.45) is 4.85. The van der Waals surface area contributed by atoms with Crippen LogP contribution in [-0.2, 0) is 12.0 Å². The minimum absolute atomic E-state index is 0.00986. The van der Waals surface area contributed by atoms with Gasteiger partial charge in [0.1, 0.15) is 5.76 Å². The van der Waals surface area contributed by atoms with E-state index >= 15 is 0 Å². The Morgan fingerprint density at radius 3 is 2.86 bits per heavy atom. The van der Waals surface area contributed by atoms with E-state index in [-0.39, 0.29) is 17.5 Å². The first-order valence-corrected chi connectivity index (χ1v) is 7.68. The Morgan fingerprint density at radius 1 is 1.45 bits per heavy atom. The molecule has 2 heterocycles. The Labute approximate surface area is 129 Å². The van der Waals surface area contributed by atoms with E-state index in [4.69, 9.17) is 4.52 Å². The second-order valence-electron chi connectivity index (χ2n) is 6.87. The molecule has 0 saturated heterocycles. The molecule has 2 aromatic rings. The highest BCUT2D eigenvalue weighted by atomic mass is 16.5. The summed E-state index contributed by atoms with van der Waals surface area (Å²) in [6, 6.07) is 1.64. The lowest BCUT2D eigenvalue weighted by molar-refractivity contribution is 0.0923. The Bertz CT molecular complexity index is 693. The molecular formula is C16H22N4O2. The van der Waals surface area contributed by atoms with Gasteiger partial charge in [0.2, 0.25) is 0 Å². The van der Waals surface area contributed by atoms with Crippen molar-refractivity contribution >= 4 is 5.91 Å². The van der Waals surface area contributed by atoms with Crippen LogP contribution < -0.4 is 5.32 Å². The number of hydrogen-bond acceptors (Lipinski definition) is 4. The summed E-state index contributed by atoms with van der Waals surface area (Å²) in [5.74, 6) is 0.438. The monoisotopic (exact) mass is 302 g/mol. The molecule has 0 bridgehead atoms. The highest BCUT2D eigenvalue weighted by molar-refractivity contribution is 5.92. The summed E-state index contributed by atoms with van der Waals surface area (Å²) >= 11 is 0. The van der Waals surface area contributed by atoms with E-state index in [0.29, 0.717) is 11.5 Å². The van der Waals surface area contributed by atoms with Gasteiger partial charge in [0.05, 0.1) is 17.8 Å². The molecule has 0 fully saturated rings. The first-order valence-electron chi connectivity index (χ1n) is 7.68. The molecule has 22 heavy (non-hydrogen) atoms. The van der Waals surface area contributed by atoms with Gasteiger partial charge in [-0.15, -0.1) is 0 Å². The number of fused-ring (bicyclic) bond motifs is 1. The van der Waals surface area contributed by atoms with Gasteiger partial charge in [-0.1, -0.05) is 5.16 Å². The van der Waals surface area contributed by atoms with Crippen LogP contribution in [0.5, 0.6) is 0 Å². The van der Waals surface area contributed by atoms with Gasteiger partial charge in [0.15, 0.2) is 5.69 Å². The first kappa shape index (κ1) is 14.8. The minimum Gasteiger partial charge on any atom is -0.361 e. The van der Waals surface area contributed by atoms with Crippen LogP contribution in [0.4, 0.5) is 0 Å². The molecule has 0 aliphatic heterocycles. The van der Waals surface area contributed by atoms with E-state index in [1.807, 2.05) is 6.20 Å². The number of nitrogens with one attached hydrogen (secondary N) is 1. The molecule has 0 radical (unpaired) electrons. The summed E-state index contributed by atoms with van der Waals surface area (Å²) < 4.78 is 7.04. The highest BCUT2D eigenvalue weighted by Crippen LogP contribution is 2.32. The molecule has 1 aliphatic carbocycles. The fourth-order valence-electron chi connectivity index (χ4n) is 2.99. The second kappa shape index (κ2) is 5.26. The Kier molecular flexibility index (Phi) is 3.54. The highest BCUT2D eigenvalue weighted by Gasteiger charge is 2.29. The molecule has 1 atom stereocenters. The molecular weight excluding hydrogens is 280 g/mol. The maximum atomic E-state index is 12.3. The van der Waals surface area contributed by atoms with Gasteiger partial charge in [-0.2, -0.15) is 5.10 Å². The largest absolute Gasteiger partial charge is 0.361 e. The Balaban J connectivity index is 1.83. The number of rotatable bonds is 2. The number of hydrogen-bond donors (Lipinski definition) is 1. The van der Waals surface area contributed by atoms with Crippen molar-refractivity contribution < 1.29 is 9.32 Å². The standard InChI is InChI=1S/C16H22N4O2/c1-10-8-13(19-22-10)15(21)18-12-6-5-7-14-11(12)9-17-20(14)16(2,3)4/h8-9,12H,5-7H2,1-4H3,(H,18,21)/t12-/m0/s1. The maximum absolute atomic E-state index is 12.3. The third-order valence-corrected chi connectivity index (χ3v) is 3.98. The van der Waals surface area contributed by atoms with Crippen molar-refractivity contribution in [2.45, 2.75) is 58.5 Å². The summed E-state index contributed by atoms with van der Waals surface area (Å²) in [6.45, 7) is 8.19. The fraction of sp³-hybridized carbons (Fsp3) is 0.562. The predicted molar refractivity (Wildman–Crippen MR) is 81.6 cm³/mol. The molecule has 6 nitrogen and oxygen atoms in total. The van der Waals surface area contributed by atoms with E-state index in [2.05, 4.69) is 41.0 Å². The maximum Gasteiger partial charge on any atom is 0.273 e. The van der Waals surface area contributed by atoms with Crippen molar-refractivity contribution in [2.75, 3.05) is 0 Å². The van der Waals surface area contributed by atoms with Crippen LogP contribution in [0, 0.1) is 6.92 Å². The Hall–Kier alpha value is -2.11. The minimum atomic E-state index is -0.196. The zero-order valence-electron chi connectivity index (χ0n) is 13.5. The lowest BCUT2D eigenvalue weighted by Crippen LogP contribution is -2.32. The van der Waals surface area contributed by atoms with E-state index < -0.39 is 0 Å². The number of aryl methyl sites for hydroxylation is 1. The van der Waals surface area contributed by atoms with Gasteiger partial charge >= 0.3 is 0 Å². The van der Waals surface area contributed by atoms with Gasteiger partial charge in [0, 0.05) is 17.3 Å². The quantitative estimate of drug-likeness (QED) is 0.925. The van der Waals surface area contributed by atoms with E-state index in [1.165, 1.54) is 5.69 Å². The van der Waals surface area contributed by atoms with Crippen LogP contribution in [0.3, 0.4) is 0 Å².